The quantitative estimate of drug-likeness (QED) is 0.548. The molecule has 2 aliphatic rings. The van der Waals surface area contributed by atoms with Gasteiger partial charge in [0.05, 0.1) is 11.4 Å². The van der Waals surface area contributed by atoms with Gasteiger partial charge in [0.15, 0.2) is 11.5 Å². The van der Waals surface area contributed by atoms with Crippen molar-refractivity contribution in [3.8, 4) is 0 Å². The van der Waals surface area contributed by atoms with Gasteiger partial charge in [-0.25, -0.2) is 23.9 Å². The SMILES string of the molecule is Cc1cn2cc(NC(=O)N3CCc4c(C5CCN(C(=O)OC(C)(C)C)CC5)ccnc43)cc(F)c2n1. The van der Waals surface area contributed by atoms with Crippen molar-refractivity contribution >= 4 is 29.3 Å². The fourth-order valence-corrected chi connectivity index (χ4v) is 5.03. The molecule has 3 aromatic rings. The maximum absolute atomic E-state index is 14.5. The number of imidazole rings is 1. The average Bonchev–Trinajstić information content (AvgIpc) is 3.41. The van der Waals surface area contributed by atoms with E-state index in [9.17, 15) is 14.0 Å². The number of rotatable bonds is 2. The second-order valence-electron chi connectivity index (χ2n) is 10.5. The minimum atomic E-state index is -0.515. The van der Waals surface area contributed by atoms with Crippen molar-refractivity contribution in [3.05, 3.63) is 53.4 Å². The number of aryl methyl sites for hydroxylation is 1. The Hall–Kier alpha value is -3.69. The monoisotopic (exact) mass is 494 g/mol. The van der Waals surface area contributed by atoms with E-state index in [0.29, 0.717) is 43.3 Å². The number of likely N-dealkylation sites (tertiary alicyclic amines) is 1. The van der Waals surface area contributed by atoms with Gasteiger partial charge in [-0.1, -0.05) is 0 Å². The fraction of sp³-hybridized carbons (Fsp3) is 0.462. The van der Waals surface area contributed by atoms with E-state index in [0.717, 1.165) is 18.4 Å². The zero-order valence-corrected chi connectivity index (χ0v) is 21.0. The van der Waals surface area contributed by atoms with Crippen LogP contribution < -0.4 is 10.2 Å². The highest BCUT2D eigenvalue weighted by atomic mass is 19.1. The standard InChI is InChI=1S/C26H31FN6O3/c1-16-14-32-15-18(13-21(27)23(32)29-16)30-24(34)33-12-8-20-19(5-9-28-22(20)33)17-6-10-31(11-7-17)25(35)36-26(2,3)4/h5,9,13-15,17H,6-8,10-12H2,1-4H3,(H,30,34). The first-order valence-electron chi connectivity index (χ1n) is 12.3. The number of nitrogens with zero attached hydrogens (tertiary/aromatic N) is 5. The van der Waals surface area contributed by atoms with E-state index in [1.54, 1.807) is 39.7 Å². The van der Waals surface area contributed by atoms with Crippen LogP contribution in [0.15, 0.2) is 30.7 Å². The van der Waals surface area contributed by atoms with Gasteiger partial charge in [0.1, 0.15) is 11.4 Å². The molecule has 9 nitrogen and oxygen atoms in total. The molecule has 1 N–H and O–H groups in total. The van der Waals surface area contributed by atoms with Crippen molar-refractivity contribution in [1.82, 2.24) is 19.3 Å². The van der Waals surface area contributed by atoms with E-state index >= 15 is 0 Å². The Balaban J connectivity index is 1.28. The highest BCUT2D eigenvalue weighted by Crippen LogP contribution is 2.37. The highest BCUT2D eigenvalue weighted by Gasteiger charge is 2.33. The van der Waals surface area contributed by atoms with Gasteiger partial charge in [0.25, 0.3) is 0 Å². The minimum Gasteiger partial charge on any atom is -0.444 e. The van der Waals surface area contributed by atoms with Gasteiger partial charge in [0, 0.05) is 49.9 Å². The third kappa shape index (κ3) is 4.72. The van der Waals surface area contributed by atoms with E-state index in [-0.39, 0.29) is 23.7 Å². The van der Waals surface area contributed by atoms with Crippen LogP contribution in [0.4, 0.5) is 25.5 Å². The normalized spacial score (nSPS) is 16.4. The van der Waals surface area contributed by atoms with E-state index < -0.39 is 11.4 Å². The van der Waals surface area contributed by atoms with Crippen molar-refractivity contribution in [2.75, 3.05) is 29.9 Å². The summed E-state index contributed by atoms with van der Waals surface area (Å²) in [7, 11) is 0. The van der Waals surface area contributed by atoms with E-state index in [1.807, 2.05) is 26.8 Å². The maximum atomic E-state index is 14.5. The number of carbonyl (C=O) groups excluding carboxylic acids is 2. The second-order valence-corrected chi connectivity index (χ2v) is 10.5. The van der Waals surface area contributed by atoms with Crippen molar-refractivity contribution < 1.29 is 18.7 Å². The Labute approximate surface area is 209 Å². The van der Waals surface area contributed by atoms with Crippen LogP contribution in [0.5, 0.6) is 0 Å². The smallest absolute Gasteiger partial charge is 0.410 e. The summed E-state index contributed by atoms with van der Waals surface area (Å²) in [6.07, 6.45) is 7.17. The van der Waals surface area contributed by atoms with Crippen molar-refractivity contribution in [2.45, 2.75) is 58.5 Å². The molecule has 0 unspecified atom stereocenters. The average molecular weight is 495 g/mol. The van der Waals surface area contributed by atoms with Gasteiger partial charge in [-0.15, -0.1) is 0 Å². The summed E-state index contributed by atoms with van der Waals surface area (Å²) in [4.78, 5) is 37.6. The molecule has 1 saturated heterocycles. The number of hydrogen-bond acceptors (Lipinski definition) is 5. The largest absolute Gasteiger partial charge is 0.444 e. The molecule has 0 saturated carbocycles. The Morgan fingerprint density at radius 1 is 1.17 bits per heavy atom. The second kappa shape index (κ2) is 9.07. The summed E-state index contributed by atoms with van der Waals surface area (Å²) in [5.41, 5.74) is 3.00. The molecule has 1 fully saturated rings. The van der Waals surface area contributed by atoms with Crippen LogP contribution in [-0.2, 0) is 11.2 Å². The summed E-state index contributed by atoms with van der Waals surface area (Å²) in [6.45, 7) is 9.15. The van der Waals surface area contributed by atoms with E-state index in [2.05, 4.69) is 15.3 Å². The maximum Gasteiger partial charge on any atom is 0.410 e. The molecule has 3 aromatic heterocycles. The minimum absolute atomic E-state index is 0.223. The molecule has 0 bridgehead atoms. The number of piperidine rings is 1. The van der Waals surface area contributed by atoms with Crippen LogP contribution in [0.2, 0.25) is 0 Å². The predicted molar refractivity (Wildman–Crippen MR) is 134 cm³/mol. The molecule has 0 spiro atoms. The summed E-state index contributed by atoms with van der Waals surface area (Å²) in [5, 5.41) is 2.80. The molecule has 3 amide bonds. The van der Waals surface area contributed by atoms with Crippen LogP contribution in [0.1, 0.15) is 56.4 Å². The fourth-order valence-electron chi connectivity index (χ4n) is 5.03. The van der Waals surface area contributed by atoms with Gasteiger partial charge >= 0.3 is 12.1 Å². The number of amides is 3. The molecule has 0 aromatic carbocycles. The van der Waals surface area contributed by atoms with Crippen molar-refractivity contribution in [2.24, 2.45) is 0 Å². The van der Waals surface area contributed by atoms with Crippen LogP contribution >= 0.6 is 0 Å². The van der Waals surface area contributed by atoms with Gasteiger partial charge < -0.3 is 19.4 Å². The first kappa shape index (κ1) is 24.0. The Morgan fingerprint density at radius 3 is 2.64 bits per heavy atom. The van der Waals surface area contributed by atoms with E-state index in [4.69, 9.17) is 4.74 Å². The van der Waals surface area contributed by atoms with Crippen molar-refractivity contribution in [3.63, 3.8) is 0 Å². The molecule has 0 atom stereocenters. The number of carbonyl (C=O) groups is 2. The number of halogens is 1. The number of pyridine rings is 2. The number of urea groups is 1. The van der Waals surface area contributed by atoms with Crippen LogP contribution in [0.25, 0.3) is 5.65 Å². The highest BCUT2D eigenvalue weighted by molar-refractivity contribution is 6.02. The lowest BCUT2D eigenvalue weighted by Gasteiger charge is -2.34. The number of hydrogen-bond donors (Lipinski definition) is 1. The zero-order chi connectivity index (χ0) is 25.6. The summed E-state index contributed by atoms with van der Waals surface area (Å²) >= 11 is 0. The molecule has 10 heteroatoms. The molecule has 5 rings (SSSR count). The van der Waals surface area contributed by atoms with Gasteiger partial charge in [0.2, 0.25) is 0 Å². The lowest BCUT2D eigenvalue weighted by Crippen LogP contribution is -2.41. The Bertz CT molecular complexity index is 1320. The Kier molecular flexibility index (Phi) is 6.05. The molecule has 0 radical (unpaired) electrons. The molecule has 2 aliphatic heterocycles. The van der Waals surface area contributed by atoms with Crippen molar-refractivity contribution in [1.29, 1.82) is 0 Å². The topological polar surface area (TPSA) is 92.1 Å². The lowest BCUT2D eigenvalue weighted by molar-refractivity contribution is 0.0204. The molecular formula is C26H31FN6O3. The van der Waals surface area contributed by atoms with Crippen LogP contribution in [-0.4, -0.2) is 56.6 Å². The van der Waals surface area contributed by atoms with Gasteiger partial charge in [-0.3, -0.25) is 4.90 Å². The zero-order valence-electron chi connectivity index (χ0n) is 21.0. The summed E-state index contributed by atoms with van der Waals surface area (Å²) in [5.74, 6) is 0.421. The number of fused-ring (bicyclic) bond motifs is 2. The third-order valence-corrected chi connectivity index (χ3v) is 6.62. The molecular weight excluding hydrogens is 463 g/mol. The summed E-state index contributed by atoms with van der Waals surface area (Å²) < 4.78 is 21.5. The Morgan fingerprint density at radius 2 is 1.92 bits per heavy atom. The molecule has 36 heavy (non-hydrogen) atoms. The molecule has 5 heterocycles. The number of ether oxygens (including phenoxy) is 1. The number of anilines is 2. The van der Waals surface area contributed by atoms with Gasteiger partial charge in [-0.2, -0.15) is 0 Å². The van der Waals surface area contributed by atoms with Crippen LogP contribution in [0.3, 0.4) is 0 Å². The third-order valence-electron chi connectivity index (χ3n) is 6.62. The van der Waals surface area contributed by atoms with Crippen LogP contribution in [0, 0.1) is 12.7 Å². The van der Waals surface area contributed by atoms with Gasteiger partial charge in [-0.05, 0) is 64.5 Å². The lowest BCUT2D eigenvalue weighted by atomic mass is 9.87. The molecule has 0 aliphatic carbocycles. The predicted octanol–water partition coefficient (Wildman–Crippen LogP) is 4.89. The number of nitrogens with one attached hydrogen (secondary N) is 1. The first-order valence-corrected chi connectivity index (χ1v) is 12.3. The summed E-state index contributed by atoms with van der Waals surface area (Å²) in [6, 6.07) is 2.95. The number of aromatic nitrogens is 3. The molecule has 190 valence electrons. The first-order chi connectivity index (χ1) is 17.1. The van der Waals surface area contributed by atoms with E-state index in [1.165, 1.54) is 11.6 Å².